The first-order valence-electron chi connectivity index (χ1n) is 7.47. The summed E-state index contributed by atoms with van der Waals surface area (Å²) in [6, 6.07) is 0. The van der Waals surface area contributed by atoms with Crippen LogP contribution in [0.15, 0.2) is 4.79 Å². The number of fused-ring (bicyclic) bond motifs is 1. The number of rotatable bonds is 6. The van der Waals surface area contributed by atoms with Gasteiger partial charge in [0.1, 0.15) is 0 Å². The maximum atomic E-state index is 12.0. The van der Waals surface area contributed by atoms with Crippen molar-refractivity contribution in [3.05, 3.63) is 27.2 Å². The van der Waals surface area contributed by atoms with Crippen molar-refractivity contribution in [2.24, 2.45) is 12.8 Å². The van der Waals surface area contributed by atoms with Crippen molar-refractivity contribution in [2.75, 3.05) is 13.1 Å². The highest BCUT2D eigenvalue weighted by Crippen LogP contribution is 2.20. The largest absolute Gasteiger partial charge is 0.356 e. The van der Waals surface area contributed by atoms with Gasteiger partial charge in [0, 0.05) is 25.7 Å². The van der Waals surface area contributed by atoms with Gasteiger partial charge in [0.15, 0.2) is 5.65 Å². The quantitative estimate of drug-likeness (QED) is 0.666. The lowest BCUT2D eigenvalue weighted by Crippen LogP contribution is -2.26. The van der Waals surface area contributed by atoms with Crippen molar-refractivity contribution >= 4 is 16.9 Å². The molecule has 0 bridgehead atoms. The highest BCUT2D eigenvalue weighted by molar-refractivity contribution is 5.81. The first kappa shape index (κ1) is 16.2. The van der Waals surface area contributed by atoms with Gasteiger partial charge in [0.25, 0.3) is 5.56 Å². The molecule has 0 aliphatic carbocycles. The van der Waals surface area contributed by atoms with E-state index in [9.17, 15) is 9.59 Å². The van der Waals surface area contributed by atoms with E-state index in [-0.39, 0.29) is 11.5 Å². The molecule has 22 heavy (non-hydrogen) atoms. The summed E-state index contributed by atoms with van der Waals surface area (Å²) in [4.78, 5) is 28.3. The number of nitrogens with one attached hydrogen (secondary N) is 2. The molecule has 0 atom stereocenters. The molecule has 7 heteroatoms. The van der Waals surface area contributed by atoms with Gasteiger partial charge in [-0.2, -0.15) is 0 Å². The van der Waals surface area contributed by atoms with E-state index in [0.717, 1.165) is 23.2 Å². The Hall–Kier alpha value is -2.15. The number of hydrogen-bond donors (Lipinski definition) is 3. The summed E-state index contributed by atoms with van der Waals surface area (Å²) in [6.45, 7) is 4.98. The van der Waals surface area contributed by atoms with Crippen LogP contribution in [0.1, 0.15) is 29.7 Å². The molecule has 1 amide bonds. The van der Waals surface area contributed by atoms with Crippen LogP contribution in [-0.2, 0) is 18.3 Å². The van der Waals surface area contributed by atoms with Gasteiger partial charge >= 0.3 is 0 Å². The summed E-state index contributed by atoms with van der Waals surface area (Å²) in [5.41, 5.74) is 8.63. The third-order valence-electron chi connectivity index (χ3n) is 3.88. The lowest BCUT2D eigenvalue weighted by atomic mass is 10.0. The van der Waals surface area contributed by atoms with Crippen molar-refractivity contribution in [1.82, 2.24) is 20.1 Å². The van der Waals surface area contributed by atoms with Crippen LogP contribution in [-0.4, -0.2) is 33.8 Å². The van der Waals surface area contributed by atoms with Crippen molar-refractivity contribution in [1.29, 1.82) is 0 Å². The van der Waals surface area contributed by atoms with Gasteiger partial charge in [-0.1, -0.05) is 0 Å². The van der Waals surface area contributed by atoms with Crippen molar-refractivity contribution in [2.45, 2.75) is 33.1 Å². The third kappa shape index (κ3) is 3.19. The average molecular weight is 305 g/mol. The topological polar surface area (TPSA) is 106 Å². The Morgan fingerprint density at radius 2 is 2.14 bits per heavy atom. The van der Waals surface area contributed by atoms with E-state index in [1.807, 2.05) is 13.8 Å². The van der Waals surface area contributed by atoms with Crippen LogP contribution in [0.5, 0.6) is 0 Å². The molecular formula is C15H23N5O2. The number of nitrogens with zero attached hydrogens (tertiary/aromatic N) is 2. The lowest BCUT2D eigenvalue weighted by molar-refractivity contribution is -0.121. The molecule has 0 unspecified atom stereocenters. The van der Waals surface area contributed by atoms with E-state index in [2.05, 4.69) is 15.4 Å². The second-order valence-electron chi connectivity index (χ2n) is 5.49. The Morgan fingerprint density at radius 1 is 1.41 bits per heavy atom. The Labute approximate surface area is 128 Å². The lowest BCUT2D eigenvalue weighted by Gasteiger charge is -2.10. The van der Waals surface area contributed by atoms with Crippen LogP contribution >= 0.6 is 0 Å². The summed E-state index contributed by atoms with van der Waals surface area (Å²) in [7, 11) is 1.76. The Morgan fingerprint density at radius 3 is 2.82 bits per heavy atom. The van der Waals surface area contributed by atoms with Gasteiger partial charge in [-0.05, 0) is 44.4 Å². The molecule has 0 aliphatic rings. The SMILES string of the molecule is Cc1nc2c(c(C)c1CCC(=O)NCCCN)c(=O)[nH]n2C. The molecule has 0 fully saturated rings. The zero-order valence-electron chi connectivity index (χ0n) is 13.3. The summed E-state index contributed by atoms with van der Waals surface area (Å²) < 4.78 is 1.63. The Bertz CT molecular complexity index is 744. The van der Waals surface area contributed by atoms with E-state index in [4.69, 9.17) is 5.73 Å². The zero-order valence-corrected chi connectivity index (χ0v) is 13.3. The molecule has 0 saturated carbocycles. The summed E-state index contributed by atoms with van der Waals surface area (Å²) >= 11 is 0. The maximum absolute atomic E-state index is 12.0. The van der Waals surface area contributed by atoms with Crippen LogP contribution in [0, 0.1) is 13.8 Å². The molecule has 0 saturated heterocycles. The molecule has 0 aliphatic heterocycles. The number of carbonyl (C=O) groups is 1. The maximum Gasteiger partial charge on any atom is 0.273 e. The molecule has 120 valence electrons. The van der Waals surface area contributed by atoms with Crippen LogP contribution in [0.3, 0.4) is 0 Å². The fourth-order valence-corrected chi connectivity index (χ4v) is 2.67. The molecule has 2 aromatic heterocycles. The molecule has 0 radical (unpaired) electrons. The molecule has 2 heterocycles. The normalized spacial score (nSPS) is 11.1. The first-order chi connectivity index (χ1) is 10.5. The average Bonchev–Trinajstić information content (AvgIpc) is 2.73. The second-order valence-corrected chi connectivity index (χ2v) is 5.49. The molecule has 7 nitrogen and oxygen atoms in total. The zero-order chi connectivity index (χ0) is 16.3. The van der Waals surface area contributed by atoms with Crippen LogP contribution < -0.4 is 16.6 Å². The number of aromatic nitrogens is 3. The number of carbonyl (C=O) groups excluding carboxylic acids is 1. The van der Waals surface area contributed by atoms with E-state index in [1.54, 1.807) is 11.7 Å². The summed E-state index contributed by atoms with van der Waals surface area (Å²) in [6.07, 6.45) is 1.73. The predicted octanol–water partition coefficient (Wildman–Crippen LogP) is 0.276. The second kappa shape index (κ2) is 6.74. The molecule has 2 rings (SSSR count). The monoisotopic (exact) mass is 305 g/mol. The smallest absolute Gasteiger partial charge is 0.273 e. The minimum atomic E-state index is -0.142. The van der Waals surface area contributed by atoms with E-state index < -0.39 is 0 Å². The number of aromatic amines is 1. The van der Waals surface area contributed by atoms with Crippen molar-refractivity contribution < 1.29 is 4.79 Å². The fourth-order valence-electron chi connectivity index (χ4n) is 2.67. The fraction of sp³-hybridized carbons (Fsp3) is 0.533. The third-order valence-corrected chi connectivity index (χ3v) is 3.88. The minimum Gasteiger partial charge on any atom is -0.356 e. The summed E-state index contributed by atoms with van der Waals surface area (Å²) in [5.74, 6) is -0.00526. The summed E-state index contributed by atoms with van der Waals surface area (Å²) in [5, 5.41) is 6.15. The van der Waals surface area contributed by atoms with Gasteiger partial charge in [-0.3, -0.25) is 19.4 Å². The molecular weight excluding hydrogens is 282 g/mol. The molecule has 2 aromatic rings. The van der Waals surface area contributed by atoms with Gasteiger partial charge < -0.3 is 11.1 Å². The Balaban J connectivity index is 2.20. The van der Waals surface area contributed by atoms with Crippen molar-refractivity contribution in [3.63, 3.8) is 0 Å². The van der Waals surface area contributed by atoms with Crippen molar-refractivity contribution in [3.8, 4) is 0 Å². The molecule has 0 aromatic carbocycles. The van der Waals surface area contributed by atoms with Crippen LogP contribution in [0.4, 0.5) is 0 Å². The van der Waals surface area contributed by atoms with E-state index in [0.29, 0.717) is 37.0 Å². The molecule has 0 spiro atoms. The van der Waals surface area contributed by atoms with E-state index in [1.165, 1.54) is 0 Å². The number of nitrogens with two attached hydrogens (primary N) is 1. The predicted molar refractivity (Wildman–Crippen MR) is 85.8 cm³/mol. The number of amides is 1. The number of pyridine rings is 1. The van der Waals surface area contributed by atoms with E-state index >= 15 is 0 Å². The standard InChI is InChI=1S/C15H23N5O2/c1-9-11(5-6-12(21)17-8-4-7-16)10(2)18-14-13(9)15(22)19-20(14)3/h4-8,16H2,1-3H3,(H,17,21)(H,19,22). The number of hydrogen-bond acceptors (Lipinski definition) is 4. The first-order valence-corrected chi connectivity index (χ1v) is 7.47. The van der Waals surface area contributed by atoms with Crippen LogP contribution in [0.2, 0.25) is 0 Å². The van der Waals surface area contributed by atoms with Crippen LogP contribution in [0.25, 0.3) is 11.0 Å². The Kier molecular flexibility index (Phi) is 4.97. The number of aryl methyl sites for hydroxylation is 3. The molecule has 4 N–H and O–H groups in total. The highest BCUT2D eigenvalue weighted by atomic mass is 16.1. The van der Waals surface area contributed by atoms with Gasteiger partial charge in [-0.15, -0.1) is 0 Å². The van der Waals surface area contributed by atoms with Gasteiger partial charge in [-0.25, -0.2) is 4.98 Å². The van der Waals surface area contributed by atoms with Gasteiger partial charge in [0.05, 0.1) is 5.39 Å². The minimum absolute atomic E-state index is 0.00526. The number of H-pyrrole nitrogens is 1. The van der Waals surface area contributed by atoms with Gasteiger partial charge in [0.2, 0.25) is 5.91 Å². The highest BCUT2D eigenvalue weighted by Gasteiger charge is 2.15.